The first-order chi connectivity index (χ1) is 9.53. The highest BCUT2D eigenvalue weighted by Gasteiger charge is 2.18. The maximum atomic E-state index is 12.3. The van der Waals surface area contributed by atoms with Crippen molar-refractivity contribution in [3.8, 4) is 0 Å². The Morgan fingerprint density at radius 2 is 2.20 bits per heavy atom. The Morgan fingerprint density at radius 3 is 2.70 bits per heavy atom. The summed E-state index contributed by atoms with van der Waals surface area (Å²) in [6, 6.07) is 0.126. The molecule has 1 heterocycles. The van der Waals surface area contributed by atoms with E-state index in [1.165, 1.54) is 0 Å². The van der Waals surface area contributed by atoms with Gasteiger partial charge in [0.1, 0.15) is 5.82 Å². The normalized spacial score (nSPS) is 12.3. The Hall–Kier alpha value is -1.34. The van der Waals surface area contributed by atoms with Crippen LogP contribution in [0.2, 0.25) is 0 Å². The van der Waals surface area contributed by atoms with Crippen molar-refractivity contribution in [3.05, 3.63) is 17.7 Å². The average Bonchev–Trinajstić information content (AvgIpc) is 2.45. The fourth-order valence-electron chi connectivity index (χ4n) is 1.67. The number of carbonyl (C=O) groups is 1. The zero-order chi connectivity index (χ0) is 15.1. The molecule has 0 bridgehead atoms. The fourth-order valence-corrected chi connectivity index (χ4v) is 2.39. The van der Waals surface area contributed by atoms with Crippen molar-refractivity contribution in [1.82, 2.24) is 15.3 Å². The van der Waals surface area contributed by atoms with Gasteiger partial charge in [-0.2, -0.15) is 11.8 Å². The highest BCUT2D eigenvalue weighted by Crippen LogP contribution is 2.16. The summed E-state index contributed by atoms with van der Waals surface area (Å²) in [5.41, 5.74) is 3.21. The minimum Gasteiger partial charge on any atom is -0.347 e. The van der Waals surface area contributed by atoms with E-state index < -0.39 is 0 Å². The Bertz CT molecular complexity index is 452. The number of hydrazine groups is 1. The first kappa shape index (κ1) is 16.7. The third-order valence-corrected chi connectivity index (χ3v) is 3.63. The topological polar surface area (TPSA) is 92.9 Å². The van der Waals surface area contributed by atoms with Crippen LogP contribution in [0, 0.1) is 0 Å². The largest absolute Gasteiger partial charge is 0.347 e. The van der Waals surface area contributed by atoms with E-state index in [9.17, 15) is 4.79 Å². The first-order valence-corrected chi connectivity index (χ1v) is 8.06. The van der Waals surface area contributed by atoms with Gasteiger partial charge in [0.2, 0.25) is 0 Å². The van der Waals surface area contributed by atoms with E-state index in [0.717, 1.165) is 12.2 Å². The molecule has 0 aliphatic rings. The summed E-state index contributed by atoms with van der Waals surface area (Å²) in [6.07, 6.45) is 4.44. The molecule has 0 aromatic carbocycles. The molecule has 7 heteroatoms. The second kappa shape index (κ2) is 8.06. The van der Waals surface area contributed by atoms with Crippen molar-refractivity contribution in [3.63, 3.8) is 0 Å². The number of nitrogens with two attached hydrogens (primary N) is 1. The Kier molecular flexibility index (Phi) is 6.74. The lowest BCUT2D eigenvalue weighted by Crippen LogP contribution is -2.37. The van der Waals surface area contributed by atoms with Crippen LogP contribution >= 0.6 is 11.8 Å². The number of anilines is 1. The van der Waals surface area contributed by atoms with E-state index in [2.05, 4.69) is 20.7 Å². The van der Waals surface area contributed by atoms with Gasteiger partial charge in [-0.05, 0) is 12.7 Å². The number of nitrogens with one attached hydrogen (secondary N) is 2. The molecule has 0 spiro atoms. The van der Waals surface area contributed by atoms with Gasteiger partial charge in [-0.1, -0.05) is 20.8 Å². The zero-order valence-electron chi connectivity index (χ0n) is 12.4. The molecule has 1 amide bonds. The van der Waals surface area contributed by atoms with Crippen LogP contribution in [-0.4, -0.2) is 33.9 Å². The lowest BCUT2D eigenvalue weighted by Gasteiger charge is -2.17. The smallest absolute Gasteiger partial charge is 0.272 e. The van der Waals surface area contributed by atoms with Crippen LogP contribution in [-0.2, 0) is 0 Å². The molecule has 0 saturated carbocycles. The van der Waals surface area contributed by atoms with Gasteiger partial charge in [0.05, 0.1) is 11.9 Å². The van der Waals surface area contributed by atoms with Gasteiger partial charge >= 0.3 is 0 Å². The van der Waals surface area contributed by atoms with Crippen molar-refractivity contribution >= 4 is 23.4 Å². The van der Waals surface area contributed by atoms with Crippen LogP contribution in [0.5, 0.6) is 0 Å². The van der Waals surface area contributed by atoms with Gasteiger partial charge in [-0.3, -0.25) is 10.6 Å². The standard InChI is InChI=1S/C13H23N5OS/c1-5-9(7-20-4)16-13(19)11-10(18-14)6-15-12(17-11)8(2)3/h6,8-9,18H,5,7,14H2,1-4H3,(H,16,19). The molecule has 0 aliphatic heterocycles. The second-order valence-electron chi connectivity index (χ2n) is 4.82. The monoisotopic (exact) mass is 297 g/mol. The average molecular weight is 297 g/mol. The number of hydrogen-bond acceptors (Lipinski definition) is 6. The predicted octanol–water partition coefficient (Wildman–Crippen LogP) is 1.76. The van der Waals surface area contributed by atoms with Gasteiger partial charge in [-0.15, -0.1) is 0 Å². The minimum absolute atomic E-state index is 0.126. The summed E-state index contributed by atoms with van der Waals surface area (Å²) in [7, 11) is 0. The molecular weight excluding hydrogens is 274 g/mol. The zero-order valence-corrected chi connectivity index (χ0v) is 13.3. The molecule has 112 valence electrons. The van der Waals surface area contributed by atoms with E-state index >= 15 is 0 Å². The molecule has 0 saturated heterocycles. The minimum atomic E-state index is -0.219. The van der Waals surface area contributed by atoms with Crippen molar-refractivity contribution in [2.45, 2.75) is 39.2 Å². The third-order valence-electron chi connectivity index (χ3n) is 2.89. The first-order valence-electron chi connectivity index (χ1n) is 6.66. The van der Waals surface area contributed by atoms with Crippen LogP contribution in [0.4, 0.5) is 5.69 Å². The number of amides is 1. The molecule has 20 heavy (non-hydrogen) atoms. The van der Waals surface area contributed by atoms with Crippen LogP contribution in [0.1, 0.15) is 49.4 Å². The van der Waals surface area contributed by atoms with Crippen molar-refractivity contribution in [2.75, 3.05) is 17.4 Å². The van der Waals surface area contributed by atoms with Crippen LogP contribution < -0.4 is 16.6 Å². The predicted molar refractivity (Wildman–Crippen MR) is 83.9 cm³/mol. The molecular formula is C13H23N5OS. The quantitative estimate of drug-likeness (QED) is 0.524. The summed E-state index contributed by atoms with van der Waals surface area (Å²) in [6.45, 7) is 6.01. The molecule has 0 aliphatic carbocycles. The van der Waals surface area contributed by atoms with E-state index in [-0.39, 0.29) is 17.9 Å². The lowest BCUT2D eigenvalue weighted by atomic mass is 10.2. The number of hydrogen-bond donors (Lipinski definition) is 3. The molecule has 1 aromatic heterocycles. The fraction of sp³-hybridized carbons (Fsp3) is 0.615. The number of rotatable bonds is 7. The van der Waals surface area contributed by atoms with Crippen molar-refractivity contribution in [2.24, 2.45) is 5.84 Å². The number of nitrogen functional groups attached to an aromatic ring is 1. The highest BCUT2D eigenvalue weighted by atomic mass is 32.2. The highest BCUT2D eigenvalue weighted by molar-refractivity contribution is 7.98. The maximum absolute atomic E-state index is 12.3. The summed E-state index contributed by atoms with van der Waals surface area (Å²) in [5.74, 6) is 6.86. The molecule has 1 unspecified atom stereocenters. The van der Waals surface area contributed by atoms with Crippen molar-refractivity contribution < 1.29 is 4.79 Å². The number of aromatic nitrogens is 2. The summed E-state index contributed by atoms with van der Waals surface area (Å²) in [5, 5.41) is 2.98. The summed E-state index contributed by atoms with van der Waals surface area (Å²) < 4.78 is 0. The number of carbonyl (C=O) groups excluding carboxylic acids is 1. The van der Waals surface area contributed by atoms with E-state index in [1.54, 1.807) is 18.0 Å². The van der Waals surface area contributed by atoms with Gasteiger partial charge in [0, 0.05) is 17.7 Å². The van der Waals surface area contributed by atoms with Gasteiger partial charge < -0.3 is 10.7 Å². The number of thioether (sulfide) groups is 1. The van der Waals surface area contributed by atoms with E-state index in [0.29, 0.717) is 17.2 Å². The van der Waals surface area contributed by atoms with E-state index in [4.69, 9.17) is 5.84 Å². The summed E-state index contributed by atoms with van der Waals surface area (Å²) >= 11 is 1.70. The van der Waals surface area contributed by atoms with Gasteiger partial charge in [-0.25, -0.2) is 9.97 Å². The number of nitrogens with zero attached hydrogens (tertiary/aromatic N) is 2. The maximum Gasteiger partial charge on any atom is 0.272 e. The molecule has 1 rings (SSSR count). The second-order valence-corrected chi connectivity index (χ2v) is 5.73. The summed E-state index contributed by atoms with van der Waals surface area (Å²) in [4.78, 5) is 20.8. The van der Waals surface area contributed by atoms with Gasteiger partial charge in [0.15, 0.2) is 5.69 Å². The Balaban J connectivity index is 2.97. The molecule has 6 nitrogen and oxygen atoms in total. The molecule has 1 atom stereocenters. The Labute approximate surface area is 124 Å². The Morgan fingerprint density at radius 1 is 1.50 bits per heavy atom. The van der Waals surface area contributed by atoms with Crippen LogP contribution in [0.15, 0.2) is 6.20 Å². The van der Waals surface area contributed by atoms with Crippen molar-refractivity contribution in [1.29, 1.82) is 0 Å². The lowest BCUT2D eigenvalue weighted by molar-refractivity contribution is 0.0935. The molecule has 0 fully saturated rings. The van der Waals surface area contributed by atoms with Crippen LogP contribution in [0.25, 0.3) is 0 Å². The van der Waals surface area contributed by atoms with E-state index in [1.807, 2.05) is 27.0 Å². The molecule has 4 N–H and O–H groups in total. The molecule has 0 radical (unpaired) electrons. The van der Waals surface area contributed by atoms with Gasteiger partial charge in [0.25, 0.3) is 5.91 Å². The van der Waals surface area contributed by atoms with Crippen LogP contribution in [0.3, 0.4) is 0 Å². The SMILES string of the molecule is CCC(CSC)NC(=O)c1nc(C(C)C)ncc1NN. The third kappa shape index (κ3) is 4.35. The molecule has 1 aromatic rings.